The summed E-state index contributed by atoms with van der Waals surface area (Å²) in [6.45, 7) is 8.16. The van der Waals surface area contributed by atoms with Gasteiger partial charge in [0.2, 0.25) is 5.91 Å². The molecule has 4 nitrogen and oxygen atoms in total. The molecule has 0 atom stereocenters. The van der Waals surface area contributed by atoms with Crippen molar-refractivity contribution in [1.29, 1.82) is 0 Å². The highest BCUT2D eigenvalue weighted by Gasteiger charge is 2.19. The fourth-order valence-corrected chi connectivity index (χ4v) is 2.99. The van der Waals surface area contributed by atoms with Gasteiger partial charge in [-0.25, -0.2) is 0 Å². The second kappa shape index (κ2) is 5.82. The van der Waals surface area contributed by atoms with Crippen LogP contribution in [-0.2, 0) is 11.3 Å². The van der Waals surface area contributed by atoms with E-state index in [4.69, 9.17) is 0 Å². The summed E-state index contributed by atoms with van der Waals surface area (Å²) >= 11 is 0. The van der Waals surface area contributed by atoms with Gasteiger partial charge in [0, 0.05) is 50.7 Å². The number of benzene rings is 1. The van der Waals surface area contributed by atoms with Crippen LogP contribution in [0.25, 0.3) is 10.9 Å². The highest BCUT2D eigenvalue weighted by molar-refractivity contribution is 5.82. The van der Waals surface area contributed by atoms with Gasteiger partial charge < -0.3 is 4.90 Å². The number of carbonyl (C=O) groups is 1. The molecular formula is C17H21N3O. The van der Waals surface area contributed by atoms with Crippen molar-refractivity contribution in [3.63, 3.8) is 0 Å². The van der Waals surface area contributed by atoms with Crippen molar-refractivity contribution in [2.75, 3.05) is 26.2 Å². The van der Waals surface area contributed by atoms with Gasteiger partial charge in [0.25, 0.3) is 0 Å². The molecule has 4 heteroatoms. The SMILES string of the molecule is CC(=O)N1CCN(Cc2cc(C)nc3ccccc23)CC1. The molecule has 1 saturated heterocycles. The molecule has 3 rings (SSSR count). The summed E-state index contributed by atoms with van der Waals surface area (Å²) in [6.07, 6.45) is 0. The minimum Gasteiger partial charge on any atom is -0.340 e. The predicted molar refractivity (Wildman–Crippen MR) is 84.0 cm³/mol. The molecule has 1 fully saturated rings. The zero-order valence-corrected chi connectivity index (χ0v) is 12.7. The topological polar surface area (TPSA) is 36.4 Å². The number of amides is 1. The van der Waals surface area contributed by atoms with Crippen molar-refractivity contribution in [2.45, 2.75) is 20.4 Å². The molecule has 2 aromatic rings. The third-order valence-corrected chi connectivity index (χ3v) is 4.14. The maximum absolute atomic E-state index is 11.4. The van der Waals surface area contributed by atoms with E-state index in [0.717, 1.165) is 43.9 Å². The van der Waals surface area contributed by atoms with E-state index in [2.05, 4.69) is 34.1 Å². The molecule has 110 valence electrons. The number of aryl methyl sites for hydroxylation is 1. The third kappa shape index (κ3) is 3.05. The number of hydrogen-bond acceptors (Lipinski definition) is 3. The predicted octanol–water partition coefficient (Wildman–Crippen LogP) is 2.21. The summed E-state index contributed by atoms with van der Waals surface area (Å²) in [7, 11) is 0. The Kier molecular flexibility index (Phi) is 3.88. The van der Waals surface area contributed by atoms with Crippen LogP contribution in [0, 0.1) is 6.92 Å². The summed E-state index contributed by atoms with van der Waals surface area (Å²) in [5, 5.41) is 1.23. The zero-order chi connectivity index (χ0) is 14.8. The molecule has 1 amide bonds. The number of aromatic nitrogens is 1. The number of pyridine rings is 1. The van der Waals surface area contributed by atoms with Gasteiger partial charge in [-0.05, 0) is 24.6 Å². The van der Waals surface area contributed by atoms with Crippen molar-refractivity contribution in [1.82, 2.24) is 14.8 Å². The van der Waals surface area contributed by atoms with Gasteiger partial charge >= 0.3 is 0 Å². The Labute approximate surface area is 125 Å². The van der Waals surface area contributed by atoms with E-state index in [0.29, 0.717) is 0 Å². The maximum Gasteiger partial charge on any atom is 0.219 e. The van der Waals surface area contributed by atoms with E-state index in [1.807, 2.05) is 17.9 Å². The Morgan fingerprint density at radius 3 is 2.62 bits per heavy atom. The molecule has 1 aliphatic rings. The van der Waals surface area contributed by atoms with Crippen molar-refractivity contribution >= 4 is 16.8 Å². The molecule has 2 heterocycles. The minimum absolute atomic E-state index is 0.180. The average Bonchev–Trinajstić information content (AvgIpc) is 2.47. The van der Waals surface area contributed by atoms with E-state index in [1.165, 1.54) is 10.9 Å². The summed E-state index contributed by atoms with van der Waals surface area (Å²) in [6, 6.07) is 10.5. The molecular weight excluding hydrogens is 262 g/mol. The van der Waals surface area contributed by atoms with Gasteiger partial charge in [-0.3, -0.25) is 14.7 Å². The first kappa shape index (κ1) is 14.0. The molecule has 1 aromatic carbocycles. The van der Waals surface area contributed by atoms with E-state index < -0.39 is 0 Å². The van der Waals surface area contributed by atoms with E-state index in [1.54, 1.807) is 6.92 Å². The average molecular weight is 283 g/mol. The van der Waals surface area contributed by atoms with Crippen molar-refractivity contribution in [3.05, 3.63) is 41.6 Å². The molecule has 0 unspecified atom stereocenters. The van der Waals surface area contributed by atoms with Crippen LogP contribution in [0.1, 0.15) is 18.2 Å². The lowest BCUT2D eigenvalue weighted by molar-refractivity contribution is -0.130. The molecule has 21 heavy (non-hydrogen) atoms. The summed E-state index contributed by atoms with van der Waals surface area (Å²) in [5.41, 5.74) is 3.45. The highest BCUT2D eigenvalue weighted by Crippen LogP contribution is 2.20. The van der Waals surface area contributed by atoms with Crippen LogP contribution in [-0.4, -0.2) is 46.9 Å². The smallest absolute Gasteiger partial charge is 0.219 e. The van der Waals surface area contributed by atoms with Crippen molar-refractivity contribution in [3.8, 4) is 0 Å². The van der Waals surface area contributed by atoms with Crippen LogP contribution in [0.4, 0.5) is 0 Å². The van der Waals surface area contributed by atoms with Crippen LogP contribution >= 0.6 is 0 Å². The second-order valence-electron chi connectivity index (χ2n) is 5.72. The first-order valence-corrected chi connectivity index (χ1v) is 7.46. The summed E-state index contributed by atoms with van der Waals surface area (Å²) in [4.78, 5) is 20.3. The van der Waals surface area contributed by atoms with Gasteiger partial charge in [-0.1, -0.05) is 18.2 Å². The Morgan fingerprint density at radius 2 is 1.90 bits per heavy atom. The Bertz CT molecular complexity index is 660. The molecule has 0 spiro atoms. The highest BCUT2D eigenvalue weighted by atomic mass is 16.2. The zero-order valence-electron chi connectivity index (χ0n) is 12.7. The molecule has 0 saturated carbocycles. The van der Waals surface area contributed by atoms with Gasteiger partial charge in [-0.2, -0.15) is 0 Å². The van der Waals surface area contributed by atoms with Crippen LogP contribution in [0.15, 0.2) is 30.3 Å². The second-order valence-corrected chi connectivity index (χ2v) is 5.72. The van der Waals surface area contributed by atoms with Crippen molar-refractivity contribution in [2.24, 2.45) is 0 Å². The van der Waals surface area contributed by atoms with Gasteiger partial charge in [0.05, 0.1) is 5.52 Å². The monoisotopic (exact) mass is 283 g/mol. The lowest BCUT2D eigenvalue weighted by Gasteiger charge is -2.34. The van der Waals surface area contributed by atoms with E-state index >= 15 is 0 Å². The Balaban J connectivity index is 1.78. The number of rotatable bonds is 2. The van der Waals surface area contributed by atoms with E-state index in [-0.39, 0.29) is 5.91 Å². The first-order chi connectivity index (χ1) is 10.1. The van der Waals surface area contributed by atoms with Crippen LogP contribution < -0.4 is 0 Å². The third-order valence-electron chi connectivity index (χ3n) is 4.14. The Morgan fingerprint density at radius 1 is 1.19 bits per heavy atom. The summed E-state index contributed by atoms with van der Waals surface area (Å²) in [5.74, 6) is 0.180. The quantitative estimate of drug-likeness (QED) is 0.848. The molecule has 1 aromatic heterocycles. The van der Waals surface area contributed by atoms with Crippen LogP contribution in [0.2, 0.25) is 0 Å². The fraction of sp³-hybridized carbons (Fsp3) is 0.412. The number of para-hydroxylation sites is 1. The standard InChI is InChI=1S/C17H21N3O/c1-13-11-15(16-5-3-4-6-17(16)18-13)12-19-7-9-20(10-8-19)14(2)21/h3-6,11H,7-10,12H2,1-2H3. The van der Waals surface area contributed by atoms with Crippen LogP contribution in [0.5, 0.6) is 0 Å². The number of carbonyl (C=O) groups excluding carboxylic acids is 1. The number of hydrogen-bond donors (Lipinski definition) is 0. The van der Waals surface area contributed by atoms with Gasteiger partial charge in [-0.15, -0.1) is 0 Å². The van der Waals surface area contributed by atoms with Crippen LogP contribution in [0.3, 0.4) is 0 Å². The fourth-order valence-electron chi connectivity index (χ4n) is 2.99. The molecule has 0 radical (unpaired) electrons. The molecule has 0 aliphatic carbocycles. The summed E-state index contributed by atoms with van der Waals surface area (Å²) < 4.78 is 0. The molecule has 0 bridgehead atoms. The molecule has 0 N–H and O–H groups in total. The van der Waals surface area contributed by atoms with E-state index in [9.17, 15) is 4.79 Å². The number of nitrogens with zero attached hydrogens (tertiary/aromatic N) is 3. The lowest BCUT2D eigenvalue weighted by Crippen LogP contribution is -2.47. The van der Waals surface area contributed by atoms with Gasteiger partial charge in [0.1, 0.15) is 0 Å². The minimum atomic E-state index is 0.180. The lowest BCUT2D eigenvalue weighted by atomic mass is 10.1. The van der Waals surface area contributed by atoms with Crippen molar-refractivity contribution < 1.29 is 4.79 Å². The number of piperazine rings is 1. The van der Waals surface area contributed by atoms with Gasteiger partial charge in [0.15, 0.2) is 0 Å². The first-order valence-electron chi connectivity index (χ1n) is 7.46. The normalized spacial score (nSPS) is 16.4. The largest absolute Gasteiger partial charge is 0.340 e. The number of fused-ring (bicyclic) bond motifs is 1. The Hall–Kier alpha value is -1.94. The molecule has 1 aliphatic heterocycles. The maximum atomic E-state index is 11.4.